The van der Waals surface area contributed by atoms with E-state index in [0.717, 1.165) is 6.04 Å². The molecule has 90 valence electrons. The fourth-order valence-corrected chi connectivity index (χ4v) is 7.34. The van der Waals surface area contributed by atoms with Crippen molar-refractivity contribution in [3.05, 3.63) is 0 Å². The standard InChI is InChI=1S/C13H27NS/c1-3-14(13-9-5-4-6-10-13)15(2)11-7-8-12-15/h13H,3-12H2,1-2H3. The Bertz CT molecular complexity index is 193. The van der Waals surface area contributed by atoms with Crippen LogP contribution in [0.25, 0.3) is 0 Å². The summed E-state index contributed by atoms with van der Waals surface area (Å²) >= 11 is 0. The third-order valence-electron chi connectivity index (χ3n) is 4.28. The summed E-state index contributed by atoms with van der Waals surface area (Å²) in [4.78, 5) is 0. The van der Waals surface area contributed by atoms with Gasteiger partial charge in [-0.3, -0.25) is 4.31 Å². The lowest BCUT2D eigenvalue weighted by atomic mass is 9.95. The molecular weight excluding hydrogens is 202 g/mol. The molecule has 0 aromatic carbocycles. The first-order chi connectivity index (χ1) is 7.26. The molecule has 0 N–H and O–H groups in total. The second-order valence-electron chi connectivity index (χ2n) is 5.36. The molecule has 0 bridgehead atoms. The molecule has 0 unspecified atom stereocenters. The van der Waals surface area contributed by atoms with E-state index in [1.807, 2.05) is 0 Å². The van der Waals surface area contributed by atoms with Crippen molar-refractivity contribution in [2.75, 3.05) is 24.3 Å². The van der Waals surface area contributed by atoms with Crippen molar-refractivity contribution in [1.82, 2.24) is 4.31 Å². The summed E-state index contributed by atoms with van der Waals surface area (Å²) in [5, 5.41) is 0. The van der Waals surface area contributed by atoms with E-state index in [0.29, 0.717) is 0 Å². The Morgan fingerprint density at radius 1 is 1.00 bits per heavy atom. The topological polar surface area (TPSA) is 3.24 Å². The average molecular weight is 229 g/mol. The minimum absolute atomic E-state index is 0.361. The van der Waals surface area contributed by atoms with Gasteiger partial charge in [-0.05, 0) is 43.4 Å². The third-order valence-corrected chi connectivity index (χ3v) is 8.30. The number of hydrogen-bond donors (Lipinski definition) is 0. The van der Waals surface area contributed by atoms with Gasteiger partial charge in [-0.15, -0.1) is 0 Å². The molecule has 1 nitrogen and oxygen atoms in total. The fraction of sp³-hybridized carbons (Fsp3) is 1.00. The highest BCUT2D eigenvalue weighted by Crippen LogP contribution is 2.55. The molecule has 2 heteroatoms. The van der Waals surface area contributed by atoms with Gasteiger partial charge in [-0.1, -0.05) is 26.2 Å². The maximum atomic E-state index is 2.93. The van der Waals surface area contributed by atoms with Crippen LogP contribution in [0.5, 0.6) is 0 Å². The predicted molar refractivity (Wildman–Crippen MR) is 71.7 cm³/mol. The fourth-order valence-electron chi connectivity index (χ4n) is 3.46. The highest BCUT2D eigenvalue weighted by molar-refractivity contribution is 8.31. The third kappa shape index (κ3) is 2.52. The van der Waals surface area contributed by atoms with Gasteiger partial charge in [0.25, 0.3) is 0 Å². The molecule has 2 fully saturated rings. The predicted octanol–water partition coefficient (Wildman–Crippen LogP) is 3.78. The van der Waals surface area contributed by atoms with E-state index in [9.17, 15) is 0 Å². The smallest absolute Gasteiger partial charge is 0.0187 e. The molecule has 0 aromatic rings. The lowest BCUT2D eigenvalue weighted by Crippen LogP contribution is -2.39. The van der Waals surface area contributed by atoms with E-state index >= 15 is 0 Å². The number of hydrogen-bond acceptors (Lipinski definition) is 1. The first-order valence-electron chi connectivity index (χ1n) is 6.77. The van der Waals surface area contributed by atoms with Gasteiger partial charge in [0, 0.05) is 12.6 Å². The minimum atomic E-state index is -0.361. The number of rotatable bonds is 3. The van der Waals surface area contributed by atoms with Crippen LogP contribution in [0.4, 0.5) is 0 Å². The van der Waals surface area contributed by atoms with Crippen molar-refractivity contribution in [1.29, 1.82) is 0 Å². The normalized spacial score (nSPS) is 29.5. The van der Waals surface area contributed by atoms with E-state index in [4.69, 9.17) is 0 Å². The molecule has 0 atom stereocenters. The van der Waals surface area contributed by atoms with Gasteiger partial charge in [-0.2, -0.15) is 10.2 Å². The summed E-state index contributed by atoms with van der Waals surface area (Å²) in [6.07, 6.45) is 13.0. The van der Waals surface area contributed by atoms with Crippen molar-refractivity contribution < 1.29 is 0 Å². The van der Waals surface area contributed by atoms with Gasteiger partial charge in [0.15, 0.2) is 0 Å². The Hall–Kier alpha value is 0.310. The molecule has 1 saturated carbocycles. The molecule has 0 radical (unpaired) electrons. The Labute approximate surface area is 97.1 Å². The lowest BCUT2D eigenvalue weighted by molar-refractivity contribution is 0.275. The maximum Gasteiger partial charge on any atom is 0.0187 e. The lowest BCUT2D eigenvalue weighted by Gasteiger charge is -2.48. The van der Waals surface area contributed by atoms with Crippen LogP contribution in [-0.2, 0) is 0 Å². The summed E-state index contributed by atoms with van der Waals surface area (Å²) in [6, 6.07) is 0.946. The highest BCUT2D eigenvalue weighted by Gasteiger charge is 2.33. The van der Waals surface area contributed by atoms with Gasteiger partial charge in [0.1, 0.15) is 0 Å². The molecule has 2 aliphatic rings. The van der Waals surface area contributed by atoms with Gasteiger partial charge in [0.2, 0.25) is 0 Å². The zero-order chi connectivity index (χ0) is 10.7. The largest absolute Gasteiger partial charge is 0.265 e. The first kappa shape index (κ1) is 11.8. The molecule has 1 aliphatic heterocycles. The molecule has 15 heavy (non-hydrogen) atoms. The highest BCUT2D eigenvalue weighted by atomic mass is 32.3. The van der Waals surface area contributed by atoms with Crippen LogP contribution in [0.3, 0.4) is 0 Å². The van der Waals surface area contributed by atoms with Crippen molar-refractivity contribution in [2.45, 2.75) is 57.9 Å². The summed E-state index contributed by atoms with van der Waals surface area (Å²) in [5.74, 6) is 3.05. The monoisotopic (exact) mass is 229 g/mol. The molecule has 0 amide bonds. The van der Waals surface area contributed by atoms with Crippen molar-refractivity contribution in [3.8, 4) is 0 Å². The van der Waals surface area contributed by atoms with Crippen LogP contribution in [0.1, 0.15) is 51.9 Å². The zero-order valence-electron chi connectivity index (χ0n) is 10.5. The summed E-state index contributed by atoms with van der Waals surface area (Å²) in [6.45, 7) is 3.68. The Balaban J connectivity index is 2.01. The SMILES string of the molecule is CCN(C1CCCCC1)S1(C)CCCC1. The average Bonchev–Trinajstić information content (AvgIpc) is 2.68. The minimum Gasteiger partial charge on any atom is -0.265 e. The quantitative estimate of drug-likeness (QED) is 0.712. The number of nitrogens with zero attached hydrogens (tertiary/aromatic N) is 1. The van der Waals surface area contributed by atoms with Crippen LogP contribution in [-0.4, -0.2) is 34.7 Å². The van der Waals surface area contributed by atoms with E-state index in [-0.39, 0.29) is 10.2 Å². The van der Waals surface area contributed by atoms with E-state index in [2.05, 4.69) is 17.5 Å². The Kier molecular flexibility index (Phi) is 4.00. The van der Waals surface area contributed by atoms with E-state index in [1.54, 1.807) is 0 Å². The molecule has 0 spiro atoms. The van der Waals surface area contributed by atoms with Crippen molar-refractivity contribution >= 4 is 10.2 Å². The molecule has 0 aromatic heterocycles. The van der Waals surface area contributed by atoms with Crippen LogP contribution >= 0.6 is 10.2 Å². The van der Waals surface area contributed by atoms with Crippen LogP contribution in [0, 0.1) is 0 Å². The van der Waals surface area contributed by atoms with Crippen LogP contribution in [0.2, 0.25) is 0 Å². The molecule has 1 aliphatic carbocycles. The zero-order valence-corrected chi connectivity index (χ0v) is 11.3. The second-order valence-corrected chi connectivity index (χ2v) is 9.09. The Morgan fingerprint density at radius 3 is 2.13 bits per heavy atom. The molecule has 1 heterocycles. The summed E-state index contributed by atoms with van der Waals surface area (Å²) in [7, 11) is -0.361. The van der Waals surface area contributed by atoms with Gasteiger partial charge < -0.3 is 0 Å². The van der Waals surface area contributed by atoms with Crippen LogP contribution < -0.4 is 0 Å². The summed E-state index contributed by atoms with van der Waals surface area (Å²) < 4.78 is 2.93. The second kappa shape index (κ2) is 5.09. The van der Waals surface area contributed by atoms with Gasteiger partial charge in [0.05, 0.1) is 0 Å². The van der Waals surface area contributed by atoms with E-state index < -0.39 is 0 Å². The van der Waals surface area contributed by atoms with Gasteiger partial charge >= 0.3 is 0 Å². The van der Waals surface area contributed by atoms with Gasteiger partial charge in [-0.25, -0.2) is 0 Å². The Morgan fingerprint density at radius 2 is 1.60 bits per heavy atom. The van der Waals surface area contributed by atoms with E-state index in [1.165, 1.54) is 63.0 Å². The van der Waals surface area contributed by atoms with Crippen molar-refractivity contribution in [3.63, 3.8) is 0 Å². The first-order valence-corrected chi connectivity index (χ1v) is 9.10. The summed E-state index contributed by atoms with van der Waals surface area (Å²) in [5.41, 5.74) is 0. The van der Waals surface area contributed by atoms with Crippen molar-refractivity contribution in [2.24, 2.45) is 0 Å². The molecule has 1 saturated heterocycles. The molecular formula is C13H27NS. The molecule has 2 rings (SSSR count). The van der Waals surface area contributed by atoms with Crippen LogP contribution in [0.15, 0.2) is 0 Å². The maximum absolute atomic E-state index is 2.93.